The van der Waals surface area contributed by atoms with Crippen molar-refractivity contribution in [3.8, 4) is 0 Å². The van der Waals surface area contributed by atoms with Crippen LogP contribution in [0.15, 0.2) is 24.3 Å². The van der Waals surface area contributed by atoms with Crippen molar-refractivity contribution in [2.45, 2.75) is 64.9 Å². The molecule has 2 heteroatoms. The first-order valence-electron chi connectivity index (χ1n) is 9.43. The molecule has 0 heterocycles. The summed E-state index contributed by atoms with van der Waals surface area (Å²) < 4.78 is 0. The highest BCUT2D eigenvalue weighted by atomic mass is 16.3. The third-order valence-electron chi connectivity index (χ3n) is 8.19. The molecule has 0 bridgehead atoms. The van der Waals surface area contributed by atoms with Gasteiger partial charge in [0, 0.05) is 12.3 Å². The molecule has 4 aliphatic carbocycles. The maximum absolute atomic E-state index is 12.8. The van der Waals surface area contributed by atoms with Crippen molar-refractivity contribution in [1.82, 2.24) is 0 Å². The van der Waals surface area contributed by atoms with E-state index in [0.29, 0.717) is 30.0 Å². The van der Waals surface area contributed by atoms with Crippen LogP contribution in [0.25, 0.3) is 0 Å². The quantitative estimate of drug-likeness (QED) is 0.733. The van der Waals surface area contributed by atoms with E-state index in [4.69, 9.17) is 0 Å². The number of carbonyl (C=O) groups excluding carboxylic acids is 1. The molecule has 0 aromatic heterocycles. The molecule has 3 saturated carbocycles. The molecule has 4 aliphatic rings. The first kappa shape index (κ1) is 15.6. The number of carbonyl (C=O) groups is 1. The largest absolute Gasteiger partial charge is 0.393 e. The predicted molar refractivity (Wildman–Crippen MR) is 91.8 cm³/mol. The Morgan fingerprint density at radius 2 is 2.04 bits per heavy atom. The van der Waals surface area contributed by atoms with Gasteiger partial charge in [-0.25, -0.2) is 0 Å². The van der Waals surface area contributed by atoms with Crippen LogP contribution in [-0.2, 0) is 4.79 Å². The van der Waals surface area contributed by atoms with E-state index in [9.17, 15) is 9.90 Å². The average molecular weight is 314 g/mol. The Labute approximate surface area is 140 Å². The van der Waals surface area contributed by atoms with Gasteiger partial charge in [0.1, 0.15) is 5.78 Å². The Morgan fingerprint density at radius 3 is 2.78 bits per heavy atom. The Hall–Kier alpha value is -0.890. The SMILES string of the molecule is C=C[C@@H]1CC(=O)[C@H]2[C@@H]3CC=C4C[C@@H](O)CC[C@]4(C)[C@H]3CC[C@]12C. The van der Waals surface area contributed by atoms with Crippen LogP contribution in [0, 0.1) is 34.5 Å². The number of ketones is 1. The highest BCUT2D eigenvalue weighted by Crippen LogP contribution is 2.65. The number of aliphatic hydroxyl groups is 1. The smallest absolute Gasteiger partial charge is 0.137 e. The zero-order valence-corrected chi connectivity index (χ0v) is 14.6. The minimum absolute atomic E-state index is 0.135. The van der Waals surface area contributed by atoms with E-state index in [1.165, 1.54) is 12.0 Å². The van der Waals surface area contributed by atoms with Crippen LogP contribution < -0.4 is 0 Å². The number of hydrogen-bond acceptors (Lipinski definition) is 2. The van der Waals surface area contributed by atoms with Crippen LogP contribution in [0.3, 0.4) is 0 Å². The average Bonchev–Trinajstić information content (AvgIpc) is 2.79. The summed E-state index contributed by atoms with van der Waals surface area (Å²) in [5, 5.41) is 10.1. The van der Waals surface area contributed by atoms with Gasteiger partial charge in [-0.2, -0.15) is 0 Å². The first-order valence-corrected chi connectivity index (χ1v) is 9.43. The molecule has 7 atom stereocenters. The lowest BCUT2D eigenvalue weighted by molar-refractivity contribution is -0.130. The normalized spacial score (nSPS) is 52.2. The minimum Gasteiger partial charge on any atom is -0.393 e. The molecule has 0 aromatic carbocycles. The van der Waals surface area contributed by atoms with Gasteiger partial charge in [-0.3, -0.25) is 4.79 Å². The van der Waals surface area contributed by atoms with Crippen LogP contribution in [0.4, 0.5) is 0 Å². The molecular formula is C21H30O2. The van der Waals surface area contributed by atoms with Crippen molar-refractivity contribution in [3.63, 3.8) is 0 Å². The molecule has 2 nitrogen and oxygen atoms in total. The fraction of sp³-hybridized carbons (Fsp3) is 0.762. The lowest BCUT2D eigenvalue weighted by atomic mass is 9.47. The van der Waals surface area contributed by atoms with Crippen LogP contribution in [-0.4, -0.2) is 17.0 Å². The summed E-state index contributed by atoms with van der Waals surface area (Å²) in [7, 11) is 0. The highest BCUT2D eigenvalue weighted by Gasteiger charge is 2.60. The molecule has 4 rings (SSSR count). The topological polar surface area (TPSA) is 37.3 Å². The monoisotopic (exact) mass is 314 g/mol. The summed E-state index contributed by atoms with van der Waals surface area (Å²) in [6.07, 6.45) is 11.3. The number of hydrogen-bond donors (Lipinski definition) is 1. The van der Waals surface area contributed by atoms with E-state index >= 15 is 0 Å². The van der Waals surface area contributed by atoms with Crippen molar-refractivity contribution in [2.24, 2.45) is 34.5 Å². The van der Waals surface area contributed by atoms with E-state index < -0.39 is 0 Å². The minimum atomic E-state index is -0.155. The zero-order chi connectivity index (χ0) is 16.4. The van der Waals surface area contributed by atoms with Gasteiger partial charge < -0.3 is 5.11 Å². The second-order valence-corrected chi connectivity index (χ2v) is 9.08. The summed E-state index contributed by atoms with van der Waals surface area (Å²) in [5.74, 6) is 2.22. The lowest BCUT2D eigenvalue weighted by Crippen LogP contribution is -2.51. The molecule has 1 N–H and O–H groups in total. The van der Waals surface area contributed by atoms with Gasteiger partial charge in [-0.05, 0) is 67.1 Å². The van der Waals surface area contributed by atoms with Gasteiger partial charge in [0.15, 0.2) is 0 Å². The van der Waals surface area contributed by atoms with Crippen molar-refractivity contribution in [3.05, 3.63) is 24.3 Å². The van der Waals surface area contributed by atoms with Gasteiger partial charge in [0.25, 0.3) is 0 Å². The molecule has 23 heavy (non-hydrogen) atoms. The molecule has 0 spiro atoms. The number of rotatable bonds is 1. The molecular weight excluding hydrogens is 284 g/mol. The molecule has 0 unspecified atom stereocenters. The third kappa shape index (κ3) is 2.00. The molecule has 0 amide bonds. The fourth-order valence-electron chi connectivity index (χ4n) is 6.84. The zero-order valence-electron chi connectivity index (χ0n) is 14.6. The van der Waals surface area contributed by atoms with Crippen molar-refractivity contribution < 1.29 is 9.90 Å². The van der Waals surface area contributed by atoms with Crippen molar-refractivity contribution >= 4 is 5.78 Å². The second-order valence-electron chi connectivity index (χ2n) is 9.08. The maximum atomic E-state index is 12.8. The van der Waals surface area contributed by atoms with Gasteiger partial charge in [-0.15, -0.1) is 6.58 Å². The van der Waals surface area contributed by atoms with Crippen LogP contribution in [0.2, 0.25) is 0 Å². The van der Waals surface area contributed by atoms with Crippen LogP contribution in [0.1, 0.15) is 58.8 Å². The van der Waals surface area contributed by atoms with E-state index in [-0.39, 0.29) is 22.9 Å². The summed E-state index contributed by atoms with van der Waals surface area (Å²) in [4.78, 5) is 12.8. The van der Waals surface area contributed by atoms with Crippen molar-refractivity contribution in [2.75, 3.05) is 0 Å². The number of fused-ring (bicyclic) bond motifs is 5. The first-order chi connectivity index (χ1) is 10.9. The summed E-state index contributed by atoms with van der Waals surface area (Å²) in [6.45, 7) is 8.77. The van der Waals surface area contributed by atoms with Gasteiger partial charge >= 0.3 is 0 Å². The van der Waals surface area contributed by atoms with E-state index in [1.807, 2.05) is 6.08 Å². The van der Waals surface area contributed by atoms with Crippen molar-refractivity contribution in [1.29, 1.82) is 0 Å². The standard InChI is InChI=1S/C21H30O2/c1-4-13-12-18(23)19-16-6-5-14-11-15(22)7-9-20(14,2)17(16)8-10-21(13,19)3/h4-5,13,15-17,19,22H,1,6-12H2,2-3H3/t13-,15+,16-,17+,19-,20+,21-/m1/s1. The molecule has 0 aliphatic heterocycles. The van der Waals surface area contributed by atoms with E-state index in [1.54, 1.807) is 0 Å². The summed E-state index contributed by atoms with van der Waals surface area (Å²) in [6, 6.07) is 0. The van der Waals surface area contributed by atoms with Gasteiger partial charge in [0.2, 0.25) is 0 Å². The van der Waals surface area contributed by atoms with Gasteiger partial charge in [-0.1, -0.05) is 31.6 Å². The lowest BCUT2D eigenvalue weighted by Gasteiger charge is -2.57. The van der Waals surface area contributed by atoms with Crippen LogP contribution in [0.5, 0.6) is 0 Å². The molecule has 0 saturated heterocycles. The molecule has 0 radical (unpaired) electrons. The third-order valence-corrected chi connectivity index (χ3v) is 8.19. The molecule has 0 aromatic rings. The molecule has 126 valence electrons. The Balaban J connectivity index is 1.72. The summed E-state index contributed by atoms with van der Waals surface area (Å²) in [5.41, 5.74) is 1.83. The van der Waals surface area contributed by atoms with Crippen LogP contribution >= 0.6 is 0 Å². The number of aliphatic hydroxyl groups excluding tert-OH is 1. The Morgan fingerprint density at radius 1 is 1.26 bits per heavy atom. The maximum Gasteiger partial charge on any atom is 0.137 e. The number of Topliss-reactive ketones (excluding diaryl/α,β-unsaturated/α-hetero) is 1. The second kappa shape index (κ2) is 5.05. The van der Waals surface area contributed by atoms with E-state index in [0.717, 1.165) is 32.1 Å². The number of allylic oxidation sites excluding steroid dienone is 2. The fourth-order valence-corrected chi connectivity index (χ4v) is 6.84. The highest BCUT2D eigenvalue weighted by molar-refractivity contribution is 5.85. The Bertz CT molecular complexity index is 576. The Kier molecular flexibility index (Phi) is 3.43. The van der Waals surface area contributed by atoms with Gasteiger partial charge in [0.05, 0.1) is 6.10 Å². The van der Waals surface area contributed by atoms with E-state index in [2.05, 4.69) is 26.5 Å². The summed E-state index contributed by atoms with van der Waals surface area (Å²) >= 11 is 0. The predicted octanol–water partition coefficient (Wildman–Crippen LogP) is 4.29. The molecule has 3 fully saturated rings.